The van der Waals surface area contributed by atoms with Crippen molar-refractivity contribution in [3.05, 3.63) is 62.8 Å². The van der Waals surface area contributed by atoms with Crippen LogP contribution in [-0.4, -0.2) is 39.4 Å². The monoisotopic (exact) mass is 370 g/mol. The lowest BCUT2D eigenvalue weighted by Gasteiger charge is -1.98. The highest BCUT2D eigenvalue weighted by molar-refractivity contribution is 5.61. The minimum Gasteiger partial charge on any atom is -0.358 e. The molecule has 0 bridgehead atoms. The molecule has 2 aromatic rings. The van der Waals surface area contributed by atoms with Crippen LogP contribution in [0, 0.1) is 50.6 Å². The largest absolute Gasteiger partial charge is 0.468 e. The Hall–Kier alpha value is -4.64. The average molecular weight is 370 g/mol. The first-order chi connectivity index (χ1) is 12.0. The molecule has 0 radical (unpaired) electrons. The van der Waals surface area contributed by atoms with E-state index in [0.717, 1.165) is 0 Å². The molecule has 2 heterocycles. The Labute approximate surface area is 138 Å². The molecule has 0 saturated carbocycles. The average Bonchev–Trinajstić information content (AvgIpc) is 2.98. The molecule has 0 aliphatic heterocycles. The third-order valence-electron chi connectivity index (χ3n) is 2.77. The Morgan fingerprint density at radius 3 is 1.58 bits per heavy atom. The molecule has 0 aromatic carbocycles. The summed E-state index contributed by atoms with van der Waals surface area (Å²) in [5.41, 5.74) is -3.68. The maximum Gasteiger partial charge on any atom is 0.468 e. The van der Waals surface area contributed by atoms with Crippen LogP contribution in [0.3, 0.4) is 0 Å². The van der Waals surface area contributed by atoms with Crippen molar-refractivity contribution in [2.24, 2.45) is 0 Å². The lowest BCUT2D eigenvalue weighted by atomic mass is 10.3. The van der Waals surface area contributed by atoms with Crippen LogP contribution in [0.1, 0.15) is 0 Å². The molecule has 2 rings (SSSR count). The summed E-state index contributed by atoms with van der Waals surface area (Å²) < 4.78 is 0.186. The molecule has 18 heteroatoms. The van der Waals surface area contributed by atoms with Crippen molar-refractivity contribution in [3.8, 4) is 5.82 Å². The van der Waals surface area contributed by atoms with Crippen LogP contribution in [0.5, 0.6) is 0 Å². The van der Waals surface area contributed by atoms with Crippen molar-refractivity contribution >= 4 is 28.7 Å². The van der Waals surface area contributed by atoms with Gasteiger partial charge in [0.15, 0.2) is 0 Å². The van der Waals surface area contributed by atoms with Gasteiger partial charge in [-0.05, 0) is 14.8 Å². The van der Waals surface area contributed by atoms with Gasteiger partial charge < -0.3 is 20.2 Å². The highest BCUT2D eigenvalue weighted by Crippen LogP contribution is 2.34. The summed E-state index contributed by atoms with van der Waals surface area (Å²) >= 11 is 0. The van der Waals surface area contributed by atoms with E-state index in [0.29, 0.717) is 6.20 Å². The first-order valence-electron chi connectivity index (χ1n) is 5.91. The second-order valence-corrected chi connectivity index (χ2v) is 4.24. The van der Waals surface area contributed by atoms with Crippen LogP contribution in [0.25, 0.3) is 5.82 Å². The number of hydrogen-bond donors (Lipinski definition) is 0. The molecule has 0 unspecified atom stereocenters. The van der Waals surface area contributed by atoms with E-state index in [1.165, 1.54) is 0 Å². The van der Waals surface area contributed by atoms with Gasteiger partial charge in [0.1, 0.15) is 12.3 Å². The predicted octanol–water partition coefficient (Wildman–Crippen LogP) is 0.808. The van der Waals surface area contributed by atoms with Gasteiger partial charge in [0.25, 0.3) is 0 Å². The van der Waals surface area contributed by atoms with E-state index in [4.69, 9.17) is 0 Å². The number of pyridine rings is 1. The molecule has 0 spiro atoms. The van der Waals surface area contributed by atoms with Gasteiger partial charge in [-0.25, -0.2) is 0 Å². The van der Waals surface area contributed by atoms with Crippen LogP contribution in [-0.2, 0) is 0 Å². The predicted molar refractivity (Wildman–Crippen MR) is 74.6 cm³/mol. The molecule has 0 aliphatic carbocycles. The van der Waals surface area contributed by atoms with E-state index < -0.39 is 59.1 Å². The Balaban J connectivity index is 2.86. The molecular formula is C8H2N8O10. The van der Waals surface area contributed by atoms with Crippen LogP contribution < -0.4 is 0 Å². The third-order valence-corrected chi connectivity index (χ3v) is 2.77. The highest BCUT2D eigenvalue weighted by Gasteiger charge is 2.40. The molecule has 0 atom stereocenters. The number of hydrogen-bond acceptors (Lipinski definition) is 12. The molecule has 0 aliphatic rings. The zero-order chi connectivity index (χ0) is 19.8. The lowest BCUT2D eigenvalue weighted by Crippen LogP contribution is -2.08. The zero-order valence-corrected chi connectivity index (χ0v) is 11.8. The number of aromatic nitrogens is 3. The summed E-state index contributed by atoms with van der Waals surface area (Å²) in [6, 6.07) is 0.194. The molecule has 26 heavy (non-hydrogen) atoms. The van der Waals surface area contributed by atoms with Crippen molar-refractivity contribution in [2.75, 3.05) is 0 Å². The van der Waals surface area contributed by atoms with Gasteiger partial charge in [-0.1, -0.05) is 4.68 Å². The van der Waals surface area contributed by atoms with E-state index >= 15 is 0 Å². The fourth-order valence-electron chi connectivity index (χ4n) is 1.77. The fourth-order valence-corrected chi connectivity index (χ4v) is 1.77. The van der Waals surface area contributed by atoms with Gasteiger partial charge >= 0.3 is 34.5 Å². The van der Waals surface area contributed by atoms with Gasteiger partial charge in [-0.3, -0.25) is 30.3 Å². The normalized spacial score (nSPS) is 10.3. The Morgan fingerprint density at radius 1 is 0.692 bits per heavy atom. The van der Waals surface area contributed by atoms with Crippen LogP contribution in [0.4, 0.5) is 28.7 Å². The second-order valence-electron chi connectivity index (χ2n) is 4.24. The summed E-state index contributed by atoms with van der Waals surface area (Å²) in [7, 11) is 0. The van der Waals surface area contributed by atoms with E-state index in [-0.39, 0.29) is 10.7 Å². The Morgan fingerprint density at radius 2 is 1.19 bits per heavy atom. The molecule has 0 saturated heterocycles. The standard InChI is InChI=1S/C8H2N8O10/c17-12(18)3-1-4(13(19)20)7(15(23)24)9-6(3)11-2-5(14(21)22)8(10-11)16(25)26/h1-2H. The molecular weight excluding hydrogens is 368 g/mol. The van der Waals surface area contributed by atoms with Crippen molar-refractivity contribution in [3.63, 3.8) is 0 Å². The fraction of sp³-hybridized carbons (Fsp3) is 0. The third kappa shape index (κ3) is 2.91. The van der Waals surface area contributed by atoms with E-state index in [2.05, 4.69) is 10.1 Å². The van der Waals surface area contributed by atoms with E-state index in [9.17, 15) is 50.6 Å². The van der Waals surface area contributed by atoms with Crippen molar-refractivity contribution in [1.29, 1.82) is 0 Å². The number of nitro groups is 5. The van der Waals surface area contributed by atoms with Crippen LogP contribution in [0.15, 0.2) is 12.3 Å². The molecule has 0 fully saturated rings. The van der Waals surface area contributed by atoms with Crippen molar-refractivity contribution < 1.29 is 24.6 Å². The molecule has 2 aromatic heterocycles. The Bertz CT molecular complexity index is 964. The van der Waals surface area contributed by atoms with Gasteiger partial charge in [-0.15, -0.1) is 0 Å². The molecule has 0 N–H and O–H groups in total. The summed E-state index contributed by atoms with van der Waals surface area (Å²) in [6.07, 6.45) is 0.364. The first kappa shape index (κ1) is 17.7. The first-order valence-corrected chi connectivity index (χ1v) is 5.91. The van der Waals surface area contributed by atoms with E-state index in [1.807, 2.05) is 0 Å². The van der Waals surface area contributed by atoms with Crippen LogP contribution >= 0.6 is 0 Å². The maximum absolute atomic E-state index is 11.1. The van der Waals surface area contributed by atoms with Gasteiger partial charge in [0.2, 0.25) is 0 Å². The van der Waals surface area contributed by atoms with Crippen molar-refractivity contribution in [2.45, 2.75) is 0 Å². The summed E-state index contributed by atoms with van der Waals surface area (Å²) in [5.74, 6) is -3.79. The summed E-state index contributed by atoms with van der Waals surface area (Å²) in [4.78, 5) is 51.2. The van der Waals surface area contributed by atoms with Gasteiger partial charge in [0, 0.05) is 0 Å². The summed E-state index contributed by atoms with van der Waals surface area (Å²) in [6.45, 7) is 0. The smallest absolute Gasteiger partial charge is 0.358 e. The molecule has 18 nitrogen and oxygen atoms in total. The number of nitrogens with zero attached hydrogens (tertiary/aromatic N) is 8. The zero-order valence-electron chi connectivity index (χ0n) is 11.8. The maximum atomic E-state index is 11.1. The van der Waals surface area contributed by atoms with Crippen LogP contribution in [0.2, 0.25) is 0 Å². The minimum atomic E-state index is -1.42. The lowest BCUT2D eigenvalue weighted by molar-refractivity contribution is -0.427. The minimum absolute atomic E-state index is 0.186. The van der Waals surface area contributed by atoms with Gasteiger partial charge in [0.05, 0.1) is 19.9 Å². The summed E-state index contributed by atoms with van der Waals surface area (Å²) in [5, 5.41) is 57.5. The van der Waals surface area contributed by atoms with Gasteiger partial charge in [-0.2, -0.15) is 0 Å². The van der Waals surface area contributed by atoms with E-state index in [1.54, 1.807) is 0 Å². The Kier molecular flexibility index (Phi) is 4.16. The number of rotatable bonds is 6. The highest BCUT2D eigenvalue weighted by atomic mass is 16.7. The quantitative estimate of drug-likeness (QED) is 0.505. The second kappa shape index (κ2) is 6.10. The SMILES string of the molecule is O=[N+]([O-])c1cc([N+](=O)[O-])c([N+](=O)[O-])nc1-n1cc([N+](=O)[O-])c([N+](=O)[O-])n1. The van der Waals surface area contributed by atoms with Crippen molar-refractivity contribution in [1.82, 2.24) is 14.8 Å². The molecule has 0 amide bonds. The topological polar surface area (TPSA) is 246 Å². The molecule has 134 valence electrons.